The van der Waals surface area contributed by atoms with Gasteiger partial charge in [0.05, 0.1) is 63.5 Å². The second-order valence-corrected chi connectivity index (χ2v) is 9.74. The third-order valence-electron chi connectivity index (χ3n) is 6.20. The first kappa shape index (κ1) is 37.5. The van der Waals surface area contributed by atoms with E-state index in [9.17, 15) is 18.8 Å². The van der Waals surface area contributed by atoms with Crippen LogP contribution in [-0.4, -0.2) is 95.0 Å². The minimum Gasteiger partial charge on any atom is -0.489 e. The van der Waals surface area contributed by atoms with Crippen molar-refractivity contribution in [2.75, 3.05) is 67.0 Å². The van der Waals surface area contributed by atoms with E-state index in [1.807, 2.05) is 24.3 Å². The van der Waals surface area contributed by atoms with E-state index in [0.29, 0.717) is 75.8 Å². The van der Waals surface area contributed by atoms with Gasteiger partial charge in [-0.15, -0.1) is 0 Å². The number of hydrogen-bond donors (Lipinski definition) is 2. The van der Waals surface area contributed by atoms with Gasteiger partial charge in [-0.3, -0.25) is 14.4 Å². The average molecular weight is 651 g/mol. The third kappa shape index (κ3) is 13.0. The summed E-state index contributed by atoms with van der Waals surface area (Å²) in [5, 5.41) is 7.29. The molecule has 0 saturated heterocycles. The van der Waals surface area contributed by atoms with Crippen LogP contribution in [0.5, 0.6) is 5.75 Å². The Balaban J connectivity index is 0.000000596. The first-order chi connectivity index (χ1) is 21.7. The molecule has 1 heterocycles. The van der Waals surface area contributed by atoms with Gasteiger partial charge in [-0.1, -0.05) is 35.9 Å². The minimum atomic E-state index is -0.452. The molecular formula is C31H40ClFN4O8. The number of nitrogens with one attached hydrogen (secondary N) is 1. The molecule has 0 radical (unpaired) electrons. The molecule has 0 aliphatic heterocycles. The number of aryl methyl sites for hydroxylation is 1. The topological polar surface area (TPSA) is 153 Å². The van der Waals surface area contributed by atoms with Gasteiger partial charge in [0, 0.05) is 19.2 Å². The number of halogens is 2. The van der Waals surface area contributed by atoms with Crippen molar-refractivity contribution >= 4 is 23.9 Å². The van der Waals surface area contributed by atoms with Crippen molar-refractivity contribution in [3.8, 4) is 16.9 Å². The van der Waals surface area contributed by atoms with Gasteiger partial charge in [0.1, 0.15) is 18.5 Å². The molecule has 3 rings (SSSR count). The molecule has 3 N–H and O–H groups in total. The summed E-state index contributed by atoms with van der Waals surface area (Å²) < 4.78 is 40.3. The number of esters is 1. The number of aromatic nitrogens is 2. The highest BCUT2D eigenvalue weighted by molar-refractivity contribution is 6.32. The monoisotopic (exact) mass is 650 g/mol. The molecule has 1 aromatic heterocycles. The zero-order valence-electron chi connectivity index (χ0n) is 25.6. The van der Waals surface area contributed by atoms with Gasteiger partial charge in [0.2, 0.25) is 0 Å². The van der Waals surface area contributed by atoms with E-state index in [1.54, 1.807) is 14.1 Å². The van der Waals surface area contributed by atoms with Gasteiger partial charge in [-0.2, -0.15) is 5.10 Å². The molecule has 14 heteroatoms. The Morgan fingerprint density at radius 1 is 1.04 bits per heavy atom. The van der Waals surface area contributed by atoms with Crippen LogP contribution in [-0.2, 0) is 37.2 Å². The maximum Gasteiger partial charge on any atom is 0.323 e. The average Bonchev–Trinajstić information content (AvgIpc) is 3.05. The first-order valence-electron chi connectivity index (χ1n) is 14.1. The van der Waals surface area contributed by atoms with Crippen LogP contribution in [0.3, 0.4) is 0 Å². The summed E-state index contributed by atoms with van der Waals surface area (Å²) in [6, 6.07) is 10.6. The Labute approximate surface area is 266 Å². The zero-order chi connectivity index (χ0) is 33.0. The SMILES string of the molecule is CNC(Cc1ccc(-c2c(OCCOCCOCCOCCN)cnn(C)c2=O)cc1)C(=O)OC.O=Cc1cc(F)ccc1Cl. The van der Waals surface area contributed by atoms with Crippen LogP contribution in [0.25, 0.3) is 11.1 Å². The molecule has 12 nitrogen and oxygen atoms in total. The number of methoxy groups -OCH3 is 1. The van der Waals surface area contributed by atoms with Crippen LogP contribution in [0.4, 0.5) is 4.39 Å². The van der Waals surface area contributed by atoms with Crippen LogP contribution >= 0.6 is 11.6 Å². The molecule has 0 bridgehead atoms. The number of nitrogens with two attached hydrogens (primary N) is 1. The Morgan fingerprint density at radius 3 is 2.22 bits per heavy atom. The molecule has 0 aliphatic carbocycles. The van der Waals surface area contributed by atoms with Gasteiger partial charge >= 0.3 is 5.97 Å². The van der Waals surface area contributed by atoms with Crippen molar-refractivity contribution in [2.45, 2.75) is 12.5 Å². The largest absolute Gasteiger partial charge is 0.489 e. The van der Waals surface area contributed by atoms with Crippen molar-refractivity contribution in [2.24, 2.45) is 12.8 Å². The Bertz CT molecular complexity index is 1390. The summed E-state index contributed by atoms with van der Waals surface area (Å²) in [5.74, 6) is -0.410. The number of benzene rings is 2. The molecule has 1 atom stereocenters. The van der Waals surface area contributed by atoms with Crippen LogP contribution < -0.4 is 21.3 Å². The molecule has 2 aromatic carbocycles. The standard InChI is InChI=1S/C24H36N4O7.C7H4ClFO/c1-26-20(24(30)31-3)16-18-4-6-19(7-5-18)22-21(17-27-28(2)23(22)29)35-15-14-34-13-12-33-11-10-32-9-8-25;8-7-2-1-6(9)3-5(7)4-10/h4-7,17,20,26H,8-16,25H2,1-3H3;1-4H. The number of hydrogen-bond acceptors (Lipinski definition) is 11. The van der Waals surface area contributed by atoms with Gasteiger partial charge in [-0.25, -0.2) is 9.07 Å². The number of carbonyl (C=O) groups excluding carboxylic acids is 2. The molecule has 246 valence electrons. The summed E-state index contributed by atoms with van der Waals surface area (Å²) in [6.07, 6.45) is 2.50. The molecule has 0 fully saturated rings. The van der Waals surface area contributed by atoms with E-state index in [4.69, 9.17) is 41.0 Å². The maximum absolute atomic E-state index is 12.8. The Hall–Kier alpha value is -3.72. The molecule has 0 aliphatic rings. The summed E-state index contributed by atoms with van der Waals surface area (Å²) in [6.45, 7) is 3.45. The lowest BCUT2D eigenvalue weighted by atomic mass is 10.0. The van der Waals surface area contributed by atoms with Crippen molar-refractivity contribution < 1.29 is 37.7 Å². The fourth-order valence-corrected chi connectivity index (χ4v) is 3.99. The molecule has 3 aromatic rings. The van der Waals surface area contributed by atoms with E-state index in [1.165, 1.54) is 30.1 Å². The highest BCUT2D eigenvalue weighted by Gasteiger charge is 2.18. The third-order valence-corrected chi connectivity index (χ3v) is 6.54. The fraction of sp³-hybridized carbons (Fsp3) is 0.419. The van der Waals surface area contributed by atoms with Crippen molar-refractivity contribution in [1.82, 2.24) is 15.1 Å². The molecule has 1 unspecified atom stereocenters. The predicted octanol–water partition coefficient (Wildman–Crippen LogP) is 2.43. The summed E-state index contributed by atoms with van der Waals surface area (Å²) in [4.78, 5) is 34.8. The zero-order valence-corrected chi connectivity index (χ0v) is 26.4. The second kappa shape index (κ2) is 21.1. The number of nitrogens with zero attached hydrogens (tertiary/aromatic N) is 2. The lowest BCUT2D eigenvalue weighted by Crippen LogP contribution is -2.36. The minimum absolute atomic E-state index is 0.182. The van der Waals surface area contributed by atoms with E-state index >= 15 is 0 Å². The predicted molar refractivity (Wildman–Crippen MR) is 167 cm³/mol. The van der Waals surface area contributed by atoms with Crippen molar-refractivity contribution in [1.29, 1.82) is 0 Å². The first-order valence-corrected chi connectivity index (χ1v) is 14.5. The van der Waals surface area contributed by atoms with Crippen molar-refractivity contribution in [3.05, 3.63) is 81.0 Å². The number of likely N-dealkylation sites (N-methyl/N-ethyl adjacent to an activating group) is 1. The summed E-state index contributed by atoms with van der Waals surface area (Å²) >= 11 is 5.50. The van der Waals surface area contributed by atoms with Crippen molar-refractivity contribution in [3.63, 3.8) is 0 Å². The van der Waals surface area contributed by atoms with Gasteiger partial charge in [0.15, 0.2) is 12.0 Å². The van der Waals surface area contributed by atoms with Gasteiger partial charge < -0.3 is 34.7 Å². The van der Waals surface area contributed by atoms with E-state index in [-0.39, 0.29) is 28.7 Å². The Morgan fingerprint density at radius 2 is 1.67 bits per heavy atom. The molecular weight excluding hydrogens is 611 g/mol. The lowest BCUT2D eigenvalue weighted by Gasteiger charge is -2.15. The number of carbonyl (C=O) groups is 2. The van der Waals surface area contributed by atoms with Gasteiger partial charge in [-0.05, 0) is 42.8 Å². The number of ether oxygens (including phenoxy) is 5. The van der Waals surface area contributed by atoms with E-state index in [0.717, 1.165) is 11.6 Å². The van der Waals surface area contributed by atoms with Crippen LogP contribution in [0.2, 0.25) is 5.02 Å². The maximum atomic E-state index is 12.8. The molecule has 0 spiro atoms. The molecule has 45 heavy (non-hydrogen) atoms. The fourth-order valence-electron chi connectivity index (χ4n) is 3.83. The molecule has 0 saturated carbocycles. The van der Waals surface area contributed by atoms with E-state index < -0.39 is 11.9 Å². The Kier molecular flexibility index (Phi) is 17.6. The summed E-state index contributed by atoms with van der Waals surface area (Å²) in [7, 11) is 4.65. The smallest absolute Gasteiger partial charge is 0.323 e. The second-order valence-electron chi connectivity index (χ2n) is 9.34. The van der Waals surface area contributed by atoms with Crippen LogP contribution in [0.15, 0.2) is 53.5 Å². The van der Waals surface area contributed by atoms with Crippen LogP contribution in [0, 0.1) is 5.82 Å². The lowest BCUT2D eigenvalue weighted by molar-refractivity contribution is -0.142. The van der Waals surface area contributed by atoms with E-state index in [2.05, 4.69) is 10.4 Å². The summed E-state index contributed by atoms with van der Waals surface area (Å²) in [5.41, 5.74) is 7.28. The molecule has 0 amide bonds. The van der Waals surface area contributed by atoms with Gasteiger partial charge in [0.25, 0.3) is 5.56 Å². The van der Waals surface area contributed by atoms with Crippen LogP contribution in [0.1, 0.15) is 15.9 Å². The quantitative estimate of drug-likeness (QED) is 0.119. The number of rotatable bonds is 18. The normalized spacial score (nSPS) is 11.3. The highest BCUT2D eigenvalue weighted by atomic mass is 35.5. The highest BCUT2D eigenvalue weighted by Crippen LogP contribution is 2.26. The number of aldehydes is 1.